The van der Waals surface area contributed by atoms with Crippen molar-refractivity contribution >= 4 is 0 Å². The normalized spacial score (nSPS) is 50.2. The Kier molecular flexibility index (Phi) is 3.03. The van der Waals surface area contributed by atoms with E-state index in [4.69, 9.17) is 17.2 Å². The first-order valence-electron chi connectivity index (χ1n) is 4.15. The molecule has 1 rings (SSSR count). The standard InChI is InChI=1S/C7H17N3O2/c8-3-1-5(10)7(12)6(11)2-4(3)9/h3-7,11-12H,1-2,8-10H2/t3?,4-,5?,6?,7?/m0/s1. The summed E-state index contributed by atoms with van der Waals surface area (Å²) >= 11 is 0. The fraction of sp³-hybridized carbons (Fsp3) is 1.00. The van der Waals surface area contributed by atoms with Crippen molar-refractivity contribution < 1.29 is 10.2 Å². The zero-order valence-corrected chi connectivity index (χ0v) is 6.93. The van der Waals surface area contributed by atoms with Crippen molar-refractivity contribution in [1.82, 2.24) is 0 Å². The summed E-state index contributed by atoms with van der Waals surface area (Å²) in [4.78, 5) is 0. The predicted octanol–water partition coefficient (Wildman–Crippen LogP) is -2.52. The summed E-state index contributed by atoms with van der Waals surface area (Å²) in [6.45, 7) is 0. The van der Waals surface area contributed by atoms with Crippen LogP contribution in [0.5, 0.6) is 0 Å². The van der Waals surface area contributed by atoms with Crippen molar-refractivity contribution in [2.45, 2.75) is 43.2 Å². The molecule has 0 heterocycles. The van der Waals surface area contributed by atoms with E-state index in [1.54, 1.807) is 0 Å². The third-order valence-corrected chi connectivity index (χ3v) is 2.44. The molecule has 0 saturated heterocycles. The summed E-state index contributed by atoms with van der Waals surface area (Å²) < 4.78 is 0. The Morgan fingerprint density at radius 2 is 1.33 bits per heavy atom. The van der Waals surface area contributed by atoms with Gasteiger partial charge in [-0.2, -0.15) is 0 Å². The summed E-state index contributed by atoms with van der Waals surface area (Å²) in [6, 6.07) is -0.974. The summed E-state index contributed by atoms with van der Waals surface area (Å²) in [5.41, 5.74) is 16.9. The number of hydrogen-bond acceptors (Lipinski definition) is 5. The molecule has 0 spiro atoms. The first-order chi connectivity index (χ1) is 5.52. The summed E-state index contributed by atoms with van der Waals surface area (Å²) in [7, 11) is 0. The fourth-order valence-electron chi connectivity index (χ4n) is 1.51. The van der Waals surface area contributed by atoms with Crippen molar-refractivity contribution in [3.05, 3.63) is 0 Å². The quantitative estimate of drug-likeness (QED) is 0.260. The van der Waals surface area contributed by atoms with Gasteiger partial charge in [0.05, 0.1) is 12.2 Å². The van der Waals surface area contributed by atoms with Crippen molar-refractivity contribution in [2.24, 2.45) is 17.2 Å². The van der Waals surface area contributed by atoms with Gasteiger partial charge in [-0.05, 0) is 12.8 Å². The number of rotatable bonds is 0. The molecule has 0 aromatic heterocycles. The molecule has 12 heavy (non-hydrogen) atoms. The van der Waals surface area contributed by atoms with Crippen LogP contribution in [0.4, 0.5) is 0 Å². The van der Waals surface area contributed by atoms with Gasteiger partial charge < -0.3 is 27.4 Å². The van der Waals surface area contributed by atoms with E-state index in [1.165, 1.54) is 0 Å². The second kappa shape index (κ2) is 3.68. The topological polar surface area (TPSA) is 119 Å². The van der Waals surface area contributed by atoms with Crippen LogP contribution in [0, 0.1) is 0 Å². The Hall–Kier alpha value is -0.200. The van der Waals surface area contributed by atoms with Gasteiger partial charge in [-0.3, -0.25) is 0 Å². The Labute approximate surface area is 71.5 Å². The van der Waals surface area contributed by atoms with Gasteiger partial charge in [-0.1, -0.05) is 0 Å². The number of aliphatic hydroxyl groups is 2. The van der Waals surface area contributed by atoms with E-state index in [0.29, 0.717) is 12.8 Å². The zero-order valence-electron chi connectivity index (χ0n) is 6.93. The molecule has 1 aliphatic rings. The monoisotopic (exact) mass is 175 g/mol. The van der Waals surface area contributed by atoms with Crippen LogP contribution in [0.2, 0.25) is 0 Å². The second-order valence-electron chi connectivity index (χ2n) is 3.52. The smallest absolute Gasteiger partial charge is 0.0950 e. The summed E-state index contributed by atoms with van der Waals surface area (Å²) in [5.74, 6) is 0. The lowest BCUT2D eigenvalue weighted by Gasteiger charge is -2.19. The maximum atomic E-state index is 9.38. The number of aliphatic hydroxyl groups excluding tert-OH is 2. The molecule has 1 saturated carbocycles. The van der Waals surface area contributed by atoms with E-state index >= 15 is 0 Å². The van der Waals surface area contributed by atoms with Gasteiger partial charge in [0.1, 0.15) is 0 Å². The van der Waals surface area contributed by atoms with Crippen LogP contribution in [0.15, 0.2) is 0 Å². The van der Waals surface area contributed by atoms with Crippen molar-refractivity contribution in [2.75, 3.05) is 0 Å². The van der Waals surface area contributed by atoms with Crippen LogP contribution in [0.25, 0.3) is 0 Å². The molecule has 0 bridgehead atoms. The lowest BCUT2D eigenvalue weighted by Crippen LogP contribution is -2.44. The van der Waals surface area contributed by atoms with E-state index < -0.39 is 18.2 Å². The molecule has 0 aromatic carbocycles. The molecule has 0 aliphatic heterocycles. The van der Waals surface area contributed by atoms with Crippen LogP contribution >= 0.6 is 0 Å². The minimum absolute atomic E-state index is 0.230. The number of hydrogen-bond donors (Lipinski definition) is 5. The lowest BCUT2D eigenvalue weighted by atomic mass is 10.0. The first kappa shape index (κ1) is 9.88. The summed E-state index contributed by atoms with van der Waals surface area (Å²) in [6.07, 6.45) is -0.969. The van der Waals surface area contributed by atoms with E-state index in [-0.39, 0.29) is 12.1 Å². The molecule has 4 unspecified atom stereocenters. The minimum Gasteiger partial charge on any atom is -0.390 e. The SMILES string of the molecule is NC1CC(N)[C@@H](N)CC(O)C1O. The van der Waals surface area contributed by atoms with Gasteiger partial charge in [0.25, 0.3) is 0 Å². The van der Waals surface area contributed by atoms with Crippen molar-refractivity contribution in [3.63, 3.8) is 0 Å². The highest BCUT2D eigenvalue weighted by molar-refractivity contribution is 4.93. The Morgan fingerprint density at radius 3 is 1.92 bits per heavy atom. The predicted molar refractivity (Wildman–Crippen MR) is 45.2 cm³/mol. The van der Waals surface area contributed by atoms with Crippen LogP contribution in [-0.4, -0.2) is 40.5 Å². The van der Waals surface area contributed by atoms with E-state index in [9.17, 15) is 10.2 Å². The van der Waals surface area contributed by atoms with Crippen molar-refractivity contribution in [1.29, 1.82) is 0 Å². The molecule has 1 aliphatic carbocycles. The van der Waals surface area contributed by atoms with E-state index in [0.717, 1.165) is 0 Å². The van der Waals surface area contributed by atoms with Gasteiger partial charge in [-0.25, -0.2) is 0 Å². The van der Waals surface area contributed by atoms with Crippen molar-refractivity contribution in [3.8, 4) is 0 Å². The van der Waals surface area contributed by atoms with Gasteiger partial charge in [0.15, 0.2) is 0 Å². The first-order valence-corrected chi connectivity index (χ1v) is 4.15. The average molecular weight is 175 g/mol. The van der Waals surface area contributed by atoms with E-state index in [2.05, 4.69) is 0 Å². The van der Waals surface area contributed by atoms with Crippen LogP contribution in [0.3, 0.4) is 0 Å². The molecule has 0 amide bonds. The molecule has 72 valence electrons. The number of nitrogens with two attached hydrogens (primary N) is 3. The van der Waals surface area contributed by atoms with E-state index in [1.807, 2.05) is 0 Å². The molecule has 5 heteroatoms. The molecule has 5 nitrogen and oxygen atoms in total. The fourth-order valence-corrected chi connectivity index (χ4v) is 1.51. The van der Waals surface area contributed by atoms with Crippen LogP contribution in [-0.2, 0) is 0 Å². The molecule has 8 N–H and O–H groups in total. The molecule has 0 aromatic rings. The van der Waals surface area contributed by atoms with Gasteiger partial charge in [0, 0.05) is 18.1 Å². The molecular weight excluding hydrogens is 158 g/mol. The maximum absolute atomic E-state index is 9.38. The molecule has 1 fully saturated rings. The maximum Gasteiger partial charge on any atom is 0.0950 e. The van der Waals surface area contributed by atoms with Gasteiger partial charge in [-0.15, -0.1) is 0 Å². The molecule has 5 atom stereocenters. The Balaban J connectivity index is 2.64. The average Bonchev–Trinajstić information content (AvgIpc) is 2.07. The minimum atomic E-state index is -0.899. The summed E-state index contributed by atoms with van der Waals surface area (Å²) in [5, 5.41) is 18.7. The highest BCUT2D eigenvalue weighted by Gasteiger charge is 2.32. The van der Waals surface area contributed by atoms with Crippen LogP contribution in [0.1, 0.15) is 12.8 Å². The lowest BCUT2D eigenvalue weighted by molar-refractivity contribution is 0.00435. The molecular formula is C7H17N3O2. The highest BCUT2D eigenvalue weighted by Crippen LogP contribution is 2.16. The Morgan fingerprint density at radius 1 is 0.833 bits per heavy atom. The highest BCUT2D eigenvalue weighted by atomic mass is 16.3. The molecule has 0 radical (unpaired) electrons. The largest absolute Gasteiger partial charge is 0.390 e. The second-order valence-corrected chi connectivity index (χ2v) is 3.52. The zero-order chi connectivity index (χ0) is 9.30. The third kappa shape index (κ3) is 1.94. The Bertz CT molecular complexity index is 140. The third-order valence-electron chi connectivity index (χ3n) is 2.44. The van der Waals surface area contributed by atoms with Gasteiger partial charge in [0.2, 0.25) is 0 Å². The van der Waals surface area contributed by atoms with Gasteiger partial charge >= 0.3 is 0 Å². The van der Waals surface area contributed by atoms with Crippen LogP contribution < -0.4 is 17.2 Å².